The molecular weight excluding hydrogens is 218 g/mol. The summed E-state index contributed by atoms with van der Waals surface area (Å²) in [7, 11) is 0. The van der Waals surface area contributed by atoms with Crippen LogP contribution in [0.15, 0.2) is 11.7 Å². The summed E-state index contributed by atoms with van der Waals surface area (Å²) in [5.74, 6) is 1.55. The number of aromatic nitrogens is 2. The molecule has 0 bridgehead atoms. The van der Waals surface area contributed by atoms with Gasteiger partial charge in [-0.05, 0) is 30.7 Å². The van der Waals surface area contributed by atoms with Crippen LogP contribution in [0.25, 0.3) is 10.2 Å². The lowest BCUT2D eigenvalue weighted by Gasteiger charge is -2.18. The van der Waals surface area contributed by atoms with Gasteiger partial charge in [-0.25, -0.2) is 9.97 Å². The first-order valence-corrected chi connectivity index (χ1v) is 6.43. The largest absolute Gasteiger partial charge is 0.367 e. The highest BCUT2D eigenvalue weighted by Gasteiger charge is 2.12. The fourth-order valence-corrected chi connectivity index (χ4v) is 2.40. The van der Waals surface area contributed by atoms with Gasteiger partial charge in [0, 0.05) is 6.04 Å². The lowest BCUT2D eigenvalue weighted by atomic mass is 10.1. The molecule has 0 aliphatic carbocycles. The first-order valence-electron chi connectivity index (χ1n) is 5.55. The molecule has 2 heterocycles. The van der Waals surface area contributed by atoms with Crippen molar-refractivity contribution in [2.24, 2.45) is 5.92 Å². The van der Waals surface area contributed by atoms with E-state index in [0.29, 0.717) is 12.0 Å². The Morgan fingerprint density at radius 1 is 1.25 bits per heavy atom. The Kier molecular flexibility index (Phi) is 3.10. The molecule has 16 heavy (non-hydrogen) atoms. The number of hydrogen-bond acceptors (Lipinski definition) is 4. The predicted octanol–water partition coefficient (Wildman–Crippen LogP) is 3.46. The van der Waals surface area contributed by atoms with Gasteiger partial charge >= 0.3 is 0 Å². The molecule has 0 radical (unpaired) electrons. The van der Waals surface area contributed by atoms with Crippen LogP contribution in [0.5, 0.6) is 0 Å². The number of hydrogen-bond donors (Lipinski definition) is 1. The summed E-state index contributed by atoms with van der Waals surface area (Å²) < 4.78 is 0. The van der Waals surface area contributed by atoms with Crippen molar-refractivity contribution in [3.8, 4) is 0 Å². The predicted molar refractivity (Wildman–Crippen MR) is 70.1 cm³/mol. The second kappa shape index (κ2) is 4.37. The van der Waals surface area contributed by atoms with E-state index >= 15 is 0 Å². The third-order valence-corrected chi connectivity index (χ3v) is 3.92. The molecule has 2 aromatic rings. The molecule has 0 saturated heterocycles. The molecule has 0 saturated carbocycles. The van der Waals surface area contributed by atoms with Gasteiger partial charge in [0.05, 0.1) is 5.39 Å². The van der Waals surface area contributed by atoms with E-state index < -0.39 is 0 Å². The van der Waals surface area contributed by atoms with Crippen LogP contribution in [0.2, 0.25) is 0 Å². The van der Waals surface area contributed by atoms with E-state index in [0.717, 1.165) is 10.6 Å². The van der Waals surface area contributed by atoms with Gasteiger partial charge < -0.3 is 5.32 Å². The molecule has 0 fully saturated rings. The van der Waals surface area contributed by atoms with Crippen LogP contribution >= 0.6 is 11.3 Å². The summed E-state index contributed by atoms with van der Waals surface area (Å²) >= 11 is 1.67. The van der Waals surface area contributed by atoms with Crippen molar-refractivity contribution in [3.63, 3.8) is 0 Å². The Morgan fingerprint density at radius 3 is 2.69 bits per heavy atom. The zero-order chi connectivity index (χ0) is 11.7. The van der Waals surface area contributed by atoms with Gasteiger partial charge in [-0.2, -0.15) is 0 Å². The Morgan fingerprint density at radius 2 is 2.00 bits per heavy atom. The Balaban J connectivity index is 2.40. The second-order valence-corrected chi connectivity index (χ2v) is 5.36. The molecule has 0 aliphatic rings. The highest BCUT2D eigenvalue weighted by Crippen LogP contribution is 2.29. The SMILES string of the molecule is Cc1csc2ncnc(NC(C)C(C)C)c12. The zero-order valence-corrected chi connectivity index (χ0v) is 10.9. The summed E-state index contributed by atoms with van der Waals surface area (Å²) in [6, 6.07) is 0.414. The van der Waals surface area contributed by atoms with E-state index in [1.807, 2.05) is 0 Å². The van der Waals surface area contributed by atoms with E-state index in [2.05, 4.69) is 48.4 Å². The molecule has 0 aliphatic heterocycles. The lowest BCUT2D eigenvalue weighted by molar-refractivity contribution is 0.559. The van der Waals surface area contributed by atoms with Gasteiger partial charge in [-0.3, -0.25) is 0 Å². The number of anilines is 1. The van der Waals surface area contributed by atoms with E-state index in [9.17, 15) is 0 Å². The molecular formula is C12H17N3S. The number of nitrogens with zero attached hydrogens (tertiary/aromatic N) is 2. The molecule has 2 aromatic heterocycles. The summed E-state index contributed by atoms with van der Waals surface area (Å²) in [6.45, 7) is 8.70. The maximum atomic E-state index is 4.35. The Labute approximate surface area is 99.9 Å². The molecule has 0 aromatic carbocycles. The van der Waals surface area contributed by atoms with E-state index in [4.69, 9.17) is 0 Å². The number of rotatable bonds is 3. The van der Waals surface area contributed by atoms with Crippen molar-refractivity contribution < 1.29 is 0 Å². The molecule has 0 amide bonds. The maximum absolute atomic E-state index is 4.35. The lowest BCUT2D eigenvalue weighted by Crippen LogP contribution is -2.22. The standard InChI is InChI=1S/C12H17N3S/c1-7(2)9(4)15-11-10-8(3)5-16-12(10)14-6-13-11/h5-7,9H,1-4H3,(H,13,14,15). The first kappa shape index (κ1) is 11.3. The average molecular weight is 235 g/mol. The van der Waals surface area contributed by atoms with Gasteiger partial charge in [0.1, 0.15) is 17.0 Å². The number of fused-ring (bicyclic) bond motifs is 1. The first-order chi connectivity index (χ1) is 7.59. The fourth-order valence-electron chi connectivity index (χ4n) is 1.51. The minimum absolute atomic E-state index is 0.414. The van der Waals surface area contributed by atoms with Crippen LogP contribution < -0.4 is 5.32 Å². The van der Waals surface area contributed by atoms with Crippen molar-refractivity contribution in [2.45, 2.75) is 33.7 Å². The highest BCUT2D eigenvalue weighted by atomic mass is 32.1. The van der Waals surface area contributed by atoms with E-state index in [1.165, 1.54) is 10.9 Å². The van der Waals surface area contributed by atoms with Crippen molar-refractivity contribution in [2.75, 3.05) is 5.32 Å². The van der Waals surface area contributed by atoms with Crippen LogP contribution in [0.3, 0.4) is 0 Å². The van der Waals surface area contributed by atoms with Gasteiger partial charge in [0.25, 0.3) is 0 Å². The number of thiophene rings is 1. The summed E-state index contributed by atoms with van der Waals surface area (Å²) in [5, 5.41) is 6.76. The molecule has 2 rings (SSSR count). The van der Waals surface area contributed by atoms with Crippen LogP contribution in [0.4, 0.5) is 5.82 Å². The summed E-state index contributed by atoms with van der Waals surface area (Å²) in [5.41, 5.74) is 1.25. The van der Waals surface area contributed by atoms with Crippen LogP contribution in [0, 0.1) is 12.8 Å². The fraction of sp³-hybridized carbons (Fsp3) is 0.500. The number of nitrogens with one attached hydrogen (secondary N) is 1. The third kappa shape index (κ3) is 2.02. The molecule has 3 nitrogen and oxygen atoms in total. The van der Waals surface area contributed by atoms with Gasteiger partial charge in [-0.1, -0.05) is 13.8 Å². The minimum atomic E-state index is 0.414. The molecule has 86 valence electrons. The topological polar surface area (TPSA) is 37.8 Å². The number of aryl methyl sites for hydroxylation is 1. The molecule has 1 N–H and O–H groups in total. The van der Waals surface area contributed by atoms with Gasteiger partial charge in [0.2, 0.25) is 0 Å². The maximum Gasteiger partial charge on any atom is 0.138 e. The second-order valence-electron chi connectivity index (χ2n) is 4.50. The average Bonchev–Trinajstić information content (AvgIpc) is 2.61. The van der Waals surface area contributed by atoms with Gasteiger partial charge in [0.15, 0.2) is 0 Å². The zero-order valence-electron chi connectivity index (χ0n) is 10.1. The van der Waals surface area contributed by atoms with Crippen molar-refractivity contribution in [3.05, 3.63) is 17.3 Å². The molecule has 4 heteroatoms. The van der Waals surface area contributed by atoms with E-state index in [-0.39, 0.29) is 0 Å². The van der Waals surface area contributed by atoms with Crippen LogP contribution in [-0.2, 0) is 0 Å². The minimum Gasteiger partial charge on any atom is -0.367 e. The van der Waals surface area contributed by atoms with E-state index in [1.54, 1.807) is 17.7 Å². The van der Waals surface area contributed by atoms with Crippen molar-refractivity contribution >= 4 is 27.4 Å². The van der Waals surface area contributed by atoms with Crippen LogP contribution in [0.1, 0.15) is 26.3 Å². The third-order valence-electron chi connectivity index (χ3n) is 2.92. The Hall–Kier alpha value is -1.16. The molecule has 0 spiro atoms. The smallest absolute Gasteiger partial charge is 0.138 e. The summed E-state index contributed by atoms with van der Waals surface area (Å²) in [6.07, 6.45) is 1.63. The molecule has 1 unspecified atom stereocenters. The quantitative estimate of drug-likeness (QED) is 0.885. The van der Waals surface area contributed by atoms with Crippen molar-refractivity contribution in [1.29, 1.82) is 0 Å². The monoisotopic (exact) mass is 235 g/mol. The molecule has 1 atom stereocenters. The normalized spacial score (nSPS) is 13.3. The van der Waals surface area contributed by atoms with Gasteiger partial charge in [-0.15, -0.1) is 11.3 Å². The summed E-state index contributed by atoms with van der Waals surface area (Å²) in [4.78, 5) is 9.69. The highest BCUT2D eigenvalue weighted by molar-refractivity contribution is 7.17. The van der Waals surface area contributed by atoms with Crippen LogP contribution in [-0.4, -0.2) is 16.0 Å². The Bertz CT molecular complexity index is 490. The van der Waals surface area contributed by atoms with Crippen molar-refractivity contribution in [1.82, 2.24) is 9.97 Å².